The first-order chi connectivity index (χ1) is 13.8. The van der Waals surface area contributed by atoms with Crippen molar-refractivity contribution in [3.05, 3.63) is 76.5 Å². The maximum Gasteiger partial charge on any atom is 0.419 e. The van der Waals surface area contributed by atoms with Crippen molar-refractivity contribution in [2.24, 2.45) is 0 Å². The van der Waals surface area contributed by atoms with Gasteiger partial charge in [-0.15, -0.1) is 10.2 Å². The molecule has 2 aromatic heterocycles. The van der Waals surface area contributed by atoms with Gasteiger partial charge in [-0.2, -0.15) is 0 Å². The third-order valence-electron chi connectivity index (χ3n) is 4.65. The van der Waals surface area contributed by atoms with Crippen LogP contribution in [0.15, 0.2) is 69.0 Å². The topological polar surface area (TPSA) is 65.8 Å². The number of nitrogens with zero attached hydrogens (tertiary/aromatic N) is 4. The molecule has 144 valence electrons. The van der Waals surface area contributed by atoms with E-state index in [4.69, 9.17) is 4.42 Å². The molecule has 28 heavy (non-hydrogen) atoms. The third kappa shape index (κ3) is 3.89. The van der Waals surface area contributed by atoms with Gasteiger partial charge in [0.25, 0.3) is 0 Å². The first kappa shape index (κ1) is 18.6. The Morgan fingerprint density at radius 1 is 1.00 bits per heavy atom. The molecule has 0 radical (unpaired) electrons. The van der Waals surface area contributed by atoms with E-state index in [2.05, 4.69) is 33.8 Å². The SMILES string of the molecule is CCn1c(Cc2ccccc2)nnc1SCCCn1c(=O)oc2ccccc21. The summed E-state index contributed by atoms with van der Waals surface area (Å²) in [5.74, 6) is 1.54. The van der Waals surface area contributed by atoms with Gasteiger partial charge in [0.2, 0.25) is 0 Å². The van der Waals surface area contributed by atoms with Gasteiger partial charge in [0.05, 0.1) is 5.52 Å². The van der Waals surface area contributed by atoms with Crippen LogP contribution in [0.25, 0.3) is 11.1 Å². The highest BCUT2D eigenvalue weighted by atomic mass is 32.2. The van der Waals surface area contributed by atoms with E-state index < -0.39 is 0 Å². The van der Waals surface area contributed by atoms with E-state index >= 15 is 0 Å². The molecule has 0 saturated heterocycles. The van der Waals surface area contributed by atoms with Crippen LogP contribution in [-0.4, -0.2) is 25.1 Å². The third-order valence-corrected chi connectivity index (χ3v) is 5.70. The first-order valence-electron chi connectivity index (χ1n) is 9.43. The predicted octanol–water partition coefficient (Wildman–Crippen LogP) is 3.98. The second kappa shape index (κ2) is 8.48. The number of rotatable bonds is 8. The lowest BCUT2D eigenvalue weighted by atomic mass is 10.1. The molecule has 0 unspecified atom stereocenters. The number of para-hydroxylation sites is 2. The molecule has 0 spiro atoms. The molecule has 2 heterocycles. The Kier molecular flexibility index (Phi) is 5.62. The molecule has 4 aromatic rings. The maximum atomic E-state index is 12.0. The van der Waals surface area contributed by atoms with E-state index in [1.54, 1.807) is 16.3 Å². The van der Waals surface area contributed by atoms with Crippen LogP contribution in [0.1, 0.15) is 24.7 Å². The van der Waals surface area contributed by atoms with Crippen LogP contribution in [0.2, 0.25) is 0 Å². The molecule has 0 aliphatic carbocycles. The molecule has 4 rings (SSSR count). The first-order valence-corrected chi connectivity index (χ1v) is 10.4. The minimum Gasteiger partial charge on any atom is -0.408 e. The summed E-state index contributed by atoms with van der Waals surface area (Å²) in [5.41, 5.74) is 2.71. The van der Waals surface area contributed by atoms with Crippen LogP contribution in [0.5, 0.6) is 0 Å². The maximum absolute atomic E-state index is 12.0. The summed E-state index contributed by atoms with van der Waals surface area (Å²) in [6.07, 6.45) is 1.62. The molecule has 0 fully saturated rings. The number of hydrogen-bond acceptors (Lipinski definition) is 5. The van der Waals surface area contributed by atoms with Crippen LogP contribution in [-0.2, 0) is 19.5 Å². The smallest absolute Gasteiger partial charge is 0.408 e. The van der Waals surface area contributed by atoms with Gasteiger partial charge in [-0.1, -0.05) is 54.2 Å². The van der Waals surface area contributed by atoms with Crippen molar-refractivity contribution in [2.75, 3.05) is 5.75 Å². The summed E-state index contributed by atoms with van der Waals surface area (Å²) in [7, 11) is 0. The van der Waals surface area contributed by atoms with Crippen molar-refractivity contribution in [1.29, 1.82) is 0 Å². The number of aryl methyl sites for hydroxylation is 1. The van der Waals surface area contributed by atoms with E-state index in [0.717, 1.165) is 41.6 Å². The van der Waals surface area contributed by atoms with Gasteiger partial charge in [0, 0.05) is 25.3 Å². The van der Waals surface area contributed by atoms with Gasteiger partial charge in [-0.05, 0) is 31.0 Å². The highest BCUT2D eigenvalue weighted by molar-refractivity contribution is 7.99. The molecule has 0 atom stereocenters. The van der Waals surface area contributed by atoms with Crippen molar-refractivity contribution in [3.63, 3.8) is 0 Å². The Labute approximate surface area is 167 Å². The van der Waals surface area contributed by atoms with Gasteiger partial charge in [0.15, 0.2) is 10.7 Å². The van der Waals surface area contributed by atoms with E-state index in [1.165, 1.54) is 5.56 Å². The van der Waals surface area contributed by atoms with Gasteiger partial charge < -0.3 is 8.98 Å². The fourth-order valence-corrected chi connectivity index (χ4v) is 4.21. The Bertz CT molecular complexity index is 1110. The van der Waals surface area contributed by atoms with Crippen molar-refractivity contribution in [1.82, 2.24) is 19.3 Å². The fraction of sp³-hybridized carbons (Fsp3) is 0.286. The lowest BCUT2D eigenvalue weighted by Gasteiger charge is -2.07. The summed E-state index contributed by atoms with van der Waals surface area (Å²) in [4.78, 5) is 12.0. The summed E-state index contributed by atoms with van der Waals surface area (Å²) < 4.78 is 9.14. The largest absolute Gasteiger partial charge is 0.419 e. The highest BCUT2D eigenvalue weighted by Gasteiger charge is 2.12. The lowest BCUT2D eigenvalue weighted by Crippen LogP contribution is -2.14. The molecule has 0 aliphatic rings. The Morgan fingerprint density at radius 3 is 2.61 bits per heavy atom. The van der Waals surface area contributed by atoms with Crippen LogP contribution < -0.4 is 5.76 Å². The Hall–Kier alpha value is -2.80. The van der Waals surface area contributed by atoms with Crippen molar-refractivity contribution in [2.45, 2.75) is 38.0 Å². The molecule has 2 aromatic carbocycles. The lowest BCUT2D eigenvalue weighted by molar-refractivity contribution is 0.503. The van der Waals surface area contributed by atoms with E-state index in [9.17, 15) is 4.79 Å². The van der Waals surface area contributed by atoms with E-state index in [0.29, 0.717) is 12.1 Å². The molecule has 0 bridgehead atoms. The Balaban J connectivity index is 1.38. The van der Waals surface area contributed by atoms with Crippen molar-refractivity contribution in [3.8, 4) is 0 Å². The summed E-state index contributed by atoms with van der Waals surface area (Å²) >= 11 is 1.68. The number of thioether (sulfide) groups is 1. The average Bonchev–Trinajstić information content (AvgIpc) is 3.25. The number of benzene rings is 2. The van der Waals surface area contributed by atoms with E-state index in [1.807, 2.05) is 42.5 Å². The molecular weight excluding hydrogens is 372 g/mol. The summed E-state index contributed by atoms with van der Waals surface area (Å²) in [5, 5.41) is 9.69. The van der Waals surface area contributed by atoms with Crippen LogP contribution in [0, 0.1) is 0 Å². The molecular formula is C21H22N4O2S. The normalized spacial score (nSPS) is 11.3. The van der Waals surface area contributed by atoms with Crippen LogP contribution in [0.3, 0.4) is 0 Å². The summed E-state index contributed by atoms with van der Waals surface area (Å²) in [6.45, 7) is 3.57. The molecule has 6 nitrogen and oxygen atoms in total. The fourth-order valence-electron chi connectivity index (χ4n) is 3.26. The second-order valence-electron chi connectivity index (χ2n) is 6.49. The molecule has 0 aliphatic heterocycles. The van der Waals surface area contributed by atoms with Crippen molar-refractivity contribution < 1.29 is 4.42 Å². The zero-order valence-corrected chi connectivity index (χ0v) is 16.6. The molecule has 0 N–H and O–H groups in total. The average molecular weight is 395 g/mol. The minimum atomic E-state index is -0.298. The van der Waals surface area contributed by atoms with Gasteiger partial charge >= 0.3 is 5.76 Å². The van der Waals surface area contributed by atoms with E-state index in [-0.39, 0.29) is 5.76 Å². The second-order valence-corrected chi connectivity index (χ2v) is 7.56. The van der Waals surface area contributed by atoms with Gasteiger partial charge in [-0.25, -0.2) is 4.79 Å². The van der Waals surface area contributed by atoms with Crippen LogP contribution in [0.4, 0.5) is 0 Å². The molecule has 0 amide bonds. The quantitative estimate of drug-likeness (QED) is 0.334. The standard InChI is InChI=1S/C21H22N4O2S/c1-2-24-19(15-16-9-4-3-5-10-16)22-23-20(24)28-14-8-13-25-17-11-6-7-12-18(17)27-21(25)26/h3-7,9-12H,2,8,13-15H2,1H3. The summed E-state index contributed by atoms with van der Waals surface area (Å²) in [6, 6.07) is 17.8. The minimum absolute atomic E-state index is 0.298. The number of aromatic nitrogens is 4. The van der Waals surface area contributed by atoms with Gasteiger partial charge in [-0.3, -0.25) is 4.57 Å². The molecule has 0 saturated carbocycles. The molecule has 7 heteroatoms. The van der Waals surface area contributed by atoms with Crippen LogP contribution >= 0.6 is 11.8 Å². The monoisotopic (exact) mass is 394 g/mol. The predicted molar refractivity (Wildman–Crippen MR) is 111 cm³/mol. The highest BCUT2D eigenvalue weighted by Crippen LogP contribution is 2.20. The number of hydrogen-bond donors (Lipinski definition) is 0. The number of fused-ring (bicyclic) bond motifs is 1. The zero-order chi connectivity index (χ0) is 19.3. The number of oxazole rings is 1. The van der Waals surface area contributed by atoms with Crippen molar-refractivity contribution >= 4 is 22.9 Å². The zero-order valence-electron chi connectivity index (χ0n) is 15.7. The Morgan fingerprint density at radius 2 is 1.79 bits per heavy atom. The van der Waals surface area contributed by atoms with Gasteiger partial charge in [0.1, 0.15) is 5.82 Å².